The van der Waals surface area contributed by atoms with Gasteiger partial charge in [-0.15, -0.1) is 0 Å². The number of sulfonamides is 1. The van der Waals surface area contributed by atoms with Crippen LogP contribution in [0.25, 0.3) is 0 Å². The highest BCUT2D eigenvalue weighted by Crippen LogP contribution is 2.26. The minimum absolute atomic E-state index is 0.0782. The van der Waals surface area contributed by atoms with Gasteiger partial charge in [-0.3, -0.25) is 0 Å². The summed E-state index contributed by atoms with van der Waals surface area (Å²) in [7, 11) is -2.15. The molecule has 0 aliphatic carbocycles. The highest BCUT2D eigenvalue weighted by molar-refractivity contribution is 7.89. The number of hydrogen-bond acceptors (Lipinski definition) is 4. The molecule has 0 saturated carbocycles. The van der Waals surface area contributed by atoms with Crippen molar-refractivity contribution in [2.45, 2.75) is 24.8 Å². The molecule has 7 heteroatoms. The Hall–Kier alpha value is -1.60. The first kappa shape index (κ1) is 19.7. The van der Waals surface area contributed by atoms with Crippen LogP contribution in [0.5, 0.6) is 5.75 Å². The summed E-state index contributed by atoms with van der Waals surface area (Å²) in [6.07, 6.45) is -0.479. The Kier molecular flexibility index (Phi) is 6.84. The van der Waals surface area contributed by atoms with E-state index in [0.29, 0.717) is 17.4 Å². The van der Waals surface area contributed by atoms with Crippen molar-refractivity contribution in [2.75, 3.05) is 20.3 Å². The number of benzene rings is 2. The zero-order chi connectivity index (χ0) is 18.4. The van der Waals surface area contributed by atoms with Crippen molar-refractivity contribution >= 4 is 21.6 Å². The summed E-state index contributed by atoms with van der Waals surface area (Å²) in [5, 5.41) is 0.533. The molecule has 0 heterocycles. The Morgan fingerprint density at radius 3 is 2.52 bits per heavy atom. The summed E-state index contributed by atoms with van der Waals surface area (Å²) in [5.41, 5.74) is 1.50. The van der Waals surface area contributed by atoms with Gasteiger partial charge < -0.3 is 9.47 Å². The van der Waals surface area contributed by atoms with Crippen molar-refractivity contribution in [1.29, 1.82) is 0 Å². The first-order chi connectivity index (χ1) is 11.9. The molecule has 0 aliphatic heterocycles. The van der Waals surface area contributed by atoms with Gasteiger partial charge in [-0.1, -0.05) is 29.8 Å². The molecule has 0 bridgehead atoms. The highest BCUT2D eigenvalue weighted by Gasteiger charge is 2.20. The van der Waals surface area contributed by atoms with Crippen LogP contribution in [-0.2, 0) is 14.8 Å². The van der Waals surface area contributed by atoms with Crippen LogP contribution in [0.3, 0.4) is 0 Å². The van der Waals surface area contributed by atoms with Crippen molar-refractivity contribution in [1.82, 2.24) is 4.72 Å². The molecule has 0 aliphatic rings. The van der Waals surface area contributed by atoms with Gasteiger partial charge in [0.15, 0.2) is 0 Å². The van der Waals surface area contributed by atoms with Crippen molar-refractivity contribution < 1.29 is 17.9 Å². The van der Waals surface area contributed by atoms with E-state index in [2.05, 4.69) is 4.72 Å². The topological polar surface area (TPSA) is 64.6 Å². The maximum Gasteiger partial charge on any atom is 0.240 e. The molecule has 2 aromatic rings. The number of aryl methyl sites for hydroxylation is 1. The van der Waals surface area contributed by atoms with Crippen LogP contribution < -0.4 is 9.46 Å². The molecule has 0 radical (unpaired) electrons. The molecule has 2 aromatic carbocycles. The first-order valence-corrected chi connectivity index (χ1v) is 9.75. The number of nitrogens with one attached hydrogen (secondary N) is 1. The van der Waals surface area contributed by atoms with Crippen molar-refractivity contribution in [3.05, 3.63) is 58.6 Å². The quantitative estimate of drug-likeness (QED) is 0.754. The molecule has 0 aromatic heterocycles. The van der Waals surface area contributed by atoms with E-state index in [1.807, 2.05) is 32.0 Å². The number of rotatable bonds is 8. The molecule has 1 unspecified atom stereocenters. The van der Waals surface area contributed by atoms with Gasteiger partial charge in [0.2, 0.25) is 10.0 Å². The average molecular weight is 384 g/mol. The van der Waals surface area contributed by atoms with Crippen LogP contribution in [0, 0.1) is 6.92 Å². The standard InChI is InChI=1S/C18H22ClNO4S/c1-4-24-17-10-9-14(11-13(17)2)25(21,22)20-12-18(23-3)15-7-5-6-8-16(15)19/h5-11,18,20H,4,12H2,1-3H3. The average Bonchev–Trinajstić information content (AvgIpc) is 2.58. The lowest BCUT2D eigenvalue weighted by molar-refractivity contribution is 0.107. The van der Waals surface area contributed by atoms with E-state index in [9.17, 15) is 8.42 Å². The molecule has 1 atom stereocenters. The summed E-state index contributed by atoms with van der Waals surface area (Å²) in [6, 6.07) is 12.0. The van der Waals surface area contributed by atoms with E-state index >= 15 is 0 Å². The molecule has 0 fully saturated rings. The Morgan fingerprint density at radius 1 is 1.20 bits per heavy atom. The normalized spacial score (nSPS) is 12.8. The Balaban J connectivity index is 2.15. The fourth-order valence-electron chi connectivity index (χ4n) is 2.43. The Bertz CT molecular complexity index is 824. The monoisotopic (exact) mass is 383 g/mol. The zero-order valence-corrected chi connectivity index (χ0v) is 16.0. The molecule has 136 valence electrons. The zero-order valence-electron chi connectivity index (χ0n) is 14.5. The lowest BCUT2D eigenvalue weighted by Crippen LogP contribution is -2.29. The van der Waals surface area contributed by atoms with Crippen LogP contribution in [0.1, 0.15) is 24.2 Å². The smallest absolute Gasteiger partial charge is 0.240 e. The maximum atomic E-state index is 12.5. The predicted octanol–water partition coefficient (Wildman–Crippen LogP) is 3.71. The minimum atomic E-state index is -3.67. The fourth-order valence-corrected chi connectivity index (χ4v) is 3.81. The second-order valence-electron chi connectivity index (χ2n) is 5.46. The van der Waals surface area contributed by atoms with Crippen LogP contribution in [0.2, 0.25) is 5.02 Å². The van der Waals surface area contributed by atoms with E-state index in [0.717, 1.165) is 11.1 Å². The van der Waals surface area contributed by atoms with Gasteiger partial charge in [-0.25, -0.2) is 13.1 Å². The van der Waals surface area contributed by atoms with Crippen LogP contribution >= 0.6 is 11.6 Å². The Labute approximate surface area is 154 Å². The third-order valence-electron chi connectivity index (χ3n) is 3.75. The van der Waals surface area contributed by atoms with Gasteiger partial charge in [0.1, 0.15) is 5.75 Å². The largest absolute Gasteiger partial charge is 0.494 e. The number of methoxy groups -OCH3 is 1. The van der Waals surface area contributed by atoms with Crippen molar-refractivity contribution in [3.8, 4) is 5.75 Å². The van der Waals surface area contributed by atoms with Gasteiger partial charge in [0.25, 0.3) is 0 Å². The summed E-state index contributed by atoms with van der Waals surface area (Å²) in [6.45, 7) is 4.30. The Morgan fingerprint density at radius 2 is 1.92 bits per heavy atom. The lowest BCUT2D eigenvalue weighted by atomic mass is 10.1. The molecular formula is C18H22ClNO4S. The summed E-state index contributed by atoms with van der Waals surface area (Å²) < 4.78 is 38.5. The van der Waals surface area contributed by atoms with E-state index in [1.165, 1.54) is 13.2 Å². The number of halogens is 1. The molecular weight excluding hydrogens is 362 g/mol. The number of ether oxygens (including phenoxy) is 2. The first-order valence-electron chi connectivity index (χ1n) is 7.89. The van der Waals surface area contributed by atoms with E-state index < -0.39 is 16.1 Å². The van der Waals surface area contributed by atoms with Gasteiger partial charge in [-0.2, -0.15) is 0 Å². The summed E-state index contributed by atoms with van der Waals surface area (Å²) in [4.78, 5) is 0.183. The van der Waals surface area contributed by atoms with Gasteiger partial charge in [0.05, 0.1) is 17.6 Å². The molecule has 5 nitrogen and oxygen atoms in total. The van der Waals surface area contributed by atoms with Gasteiger partial charge in [-0.05, 0) is 43.7 Å². The predicted molar refractivity (Wildman–Crippen MR) is 98.7 cm³/mol. The molecule has 2 rings (SSSR count). The summed E-state index contributed by atoms with van der Waals surface area (Å²) in [5.74, 6) is 0.673. The molecule has 1 N–H and O–H groups in total. The van der Waals surface area contributed by atoms with Crippen LogP contribution in [0.4, 0.5) is 0 Å². The van der Waals surface area contributed by atoms with E-state index in [4.69, 9.17) is 21.1 Å². The third kappa shape index (κ3) is 4.95. The number of hydrogen-bond donors (Lipinski definition) is 1. The SMILES string of the molecule is CCOc1ccc(S(=O)(=O)NCC(OC)c2ccccc2Cl)cc1C. The van der Waals surface area contributed by atoms with Crippen LogP contribution in [0.15, 0.2) is 47.4 Å². The van der Waals surface area contributed by atoms with Crippen molar-refractivity contribution in [2.24, 2.45) is 0 Å². The molecule has 0 spiro atoms. The van der Waals surface area contributed by atoms with Crippen molar-refractivity contribution in [3.63, 3.8) is 0 Å². The molecule has 0 amide bonds. The van der Waals surface area contributed by atoms with Gasteiger partial charge in [0, 0.05) is 24.2 Å². The van der Waals surface area contributed by atoms with Gasteiger partial charge >= 0.3 is 0 Å². The second kappa shape index (κ2) is 8.67. The molecule has 0 saturated heterocycles. The van der Waals surface area contributed by atoms with Crippen LogP contribution in [-0.4, -0.2) is 28.7 Å². The lowest BCUT2D eigenvalue weighted by Gasteiger charge is -2.18. The van der Waals surface area contributed by atoms with E-state index in [1.54, 1.807) is 18.2 Å². The third-order valence-corrected chi connectivity index (χ3v) is 5.52. The molecule has 25 heavy (non-hydrogen) atoms. The van der Waals surface area contributed by atoms with E-state index in [-0.39, 0.29) is 11.4 Å². The minimum Gasteiger partial charge on any atom is -0.494 e. The highest BCUT2D eigenvalue weighted by atomic mass is 35.5. The maximum absolute atomic E-state index is 12.5. The fraction of sp³-hybridized carbons (Fsp3) is 0.333. The summed E-state index contributed by atoms with van der Waals surface area (Å²) >= 11 is 6.16. The second-order valence-corrected chi connectivity index (χ2v) is 7.63.